The Kier molecular flexibility index (Phi) is 9.93. The number of hydrogen-bond donors (Lipinski definition) is 2. The van der Waals surface area contributed by atoms with E-state index in [4.69, 9.17) is 9.47 Å². The number of nitrogens with one attached hydrogen (secondary N) is 1. The summed E-state index contributed by atoms with van der Waals surface area (Å²) in [6.07, 6.45) is -1.50. The maximum Gasteiger partial charge on any atom is 0.409 e. The highest BCUT2D eigenvalue weighted by Gasteiger charge is 2.40. The SMILES string of the molecule is CCOC(=O)N1CCN(C(=O)[C@H](CCC(=O)O)NC(=O)c2cc(OCC(=O)N3CCC(F)(F)C3)c3ccccc3n2)CC1. The Morgan fingerprint density at radius 3 is 2.40 bits per heavy atom. The second kappa shape index (κ2) is 13.6. The van der Waals surface area contributed by atoms with Crippen molar-refractivity contribution in [2.75, 3.05) is 52.5 Å². The number of amides is 4. The lowest BCUT2D eigenvalue weighted by Gasteiger charge is -2.35. The number of likely N-dealkylation sites (tertiary alicyclic amines) is 1. The monoisotopic (exact) mass is 605 g/mol. The number of rotatable bonds is 10. The Hall–Kier alpha value is -4.56. The molecule has 4 rings (SSSR count). The van der Waals surface area contributed by atoms with Crippen LogP contribution in [0, 0.1) is 0 Å². The van der Waals surface area contributed by atoms with Crippen LogP contribution >= 0.6 is 0 Å². The summed E-state index contributed by atoms with van der Waals surface area (Å²) in [4.78, 5) is 70.7. The topological polar surface area (TPSA) is 159 Å². The van der Waals surface area contributed by atoms with Gasteiger partial charge in [-0.3, -0.25) is 19.2 Å². The summed E-state index contributed by atoms with van der Waals surface area (Å²) in [6.45, 7) is 1.33. The van der Waals surface area contributed by atoms with Gasteiger partial charge in [0.25, 0.3) is 17.7 Å². The predicted octanol–water partition coefficient (Wildman–Crippen LogP) is 1.75. The molecule has 2 saturated heterocycles. The lowest BCUT2D eigenvalue weighted by atomic mass is 10.1. The highest BCUT2D eigenvalue weighted by Crippen LogP contribution is 2.28. The standard InChI is InChI=1S/C28H33F2N5O8/c1-2-42-27(41)34-13-11-33(12-14-34)26(40)20(7-8-24(37)38)32-25(39)21-15-22(18-5-3-4-6-19(18)31-21)43-16-23(36)35-10-9-28(29,30)17-35/h3-6,15,20H,2,7-14,16-17H2,1H3,(H,32,39)(H,37,38)/t20-/m0/s1. The molecule has 2 aromatic rings. The van der Waals surface area contributed by atoms with E-state index in [1.54, 1.807) is 31.2 Å². The Morgan fingerprint density at radius 2 is 1.74 bits per heavy atom. The Balaban J connectivity index is 1.48. The summed E-state index contributed by atoms with van der Waals surface area (Å²) < 4.78 is 37.8. The van der Waals surface area contributed by atoms with Crippen LogP contribution in [0.3, 0.4) is 0 Å². The fourth-order valence-electron chi connectivity index (χ4n) is 4.86. The maximum atomic E-state index is 13.6. The normalized spacial score (nSPS) is 17.0. The molecule has 0 radical (unpaired) electrons. The molecule has 0 unspecified atom stereocenters. The number of hydrogen-bond acceptors (Lipinski definition) is 8. The Morgan fingerprint density at radius 1 is 1.05 bits per heavy atom. The number of aliphatic carboxylic acids is 1. The molecule has 1 aromatic carbocycles. The van der Waals surface area contributed by atoms with Gasteiger partial charge in [0.2, 0.25) is 5.91 Å². The van der Waals surface area contributed by atoms with Crippen LogP contribution in [-0.4, -0.2) is 119 Å². The first-order valence-corrected chi connectivity index (χ1v) is 13.9. The molecule has 0 spiro atoms. The highest BCUT2D eigenvalue weighted by molar-refractivity contribution is 5.99. The second-order valence-corrected chi connectivity index (χ2v) is 10.2. The molecule has 1 aromatic heterocycles. The second-order valence-electron chi connectivity index (χ2n) is 10.2. The zero-order valence-electron chi connectivity index (χ0n) is 23.6. The summed E-state index contributed by atoms with van der Waals surface area (Å²) in [5.41, 5.74) is 0.183. The smallest absolute Gasteiger partial charge is 0.409 e. The van der Waals surface area contributed by atoms with Crippen molar-refractivity contribution in [1.29, 1.82) is 0 Å². The number of carbonyl (C=O) groups excluding carboxylic acids is 4. The number of fused-ring (bicyclic) bond motifs is 1. The molecular weight excluding hydrogens is 572 g/mol. The van der Waals surface area contributed by atoms with Gasteiger partial charge in [-0.25, -0.2) is 18.6 Å². The lowest BCUT2D eigenvalue weighted by molar-refractivity contribution is -0.138. The van der Waals surface area contributed by atoms with Gasteiger partial charge in [-0.15, -0.1) is 0 Å². The van der Waals surface area contributed by atoms with Crippen LogP contribution in [0.4, 0.5) is 13.6 Å². The van der Waals surface area contributed by atoms with E-state index in [1.807, 2.05) is 0 Å². The largest absolute Gasteiger partial charge is 0.483 e. The summed E-state index contributed by atoms with van der Waals surface area (Å²) >= 11 is 0. The van der Waals surface area contributed by atoms with Crippen molar-refractivity contribution in [2.24, 2.45) is 0 Å². The molecule has 1 atom stereocenters. The number of ether oxygens (including phenoxy) is 2. The summed E-state index contributed by atoms with van der Waals surface area (Å²) in [7, 11) is 0. The van der Waals surface area contributed by atoms with Crippen LogP contribution in [0.1, 0.15) is 36.7 Å². The Bertz CT molecular complexity index is 1380. The van der Waals surface area contributed by atoms with E-state index >= 15 is 0 Å². The van der Waals surface area contributed by atoms with Crippen molar-refractivity contribution in [3.05, 3.63) is 36.0 Å². The van der Waals surface area contributed by atoms with Crippen molar-refractivity contribution in [3.8, 4) is 5.75 Å². The van der Waals surface area contributed by atoms with Crippen LogP contribution in [0.2, 0.25) is 0 Å². The fraction of sp³-hybridized carbons (Fsp3) is 0.500. The average molecular weight is 606 g/mol. The molecule has 13 nitrogen and oxygen atoms in total. The minimum atomic E-state index is -2.95. The van der Waals surface area contributed by atoms with Crippen LogP contribution in [-0.2, 0) is 19.1 Å². The first-order valence-electron chi connectivity index (χ1n) is 13.9. The number of nitrogens with zero attached hydrogens (tertiary/aromatic N) is 4. The molecule has 43 heavy (non-hydrogen) atoms. The van der Waals surface area contributed by atoms with Crippen molar-refractivity contribution in [3.63, 3.8) is 0 Å². The van der Waals surface area contributed by atoms with E-state index in [1.165, 1.54) is 15.9 Å². The van der Waals surface area contributed by atoms with Gasteiger partial charge in [-0.05, 0) is 25.5 Å². The predicted molar refractivity (Wildman–Crippen MR) is 147 cm³/mol. The number of para-hydroxylation sites is 1. The zero-order valence-corrected chi connectivity index (χ0v) is 23.6. The third kappa shape index (κ3) is 8.05. The van der Waals surface area contributed by atoms with Crippen molar-refractivity contribution < 1.29 is 47.3 Å². The molecule has 4 amide bonds. The first-order chi connectivity index (χ1) is 20.5. The molecule has 0 saturated carbocycles. The third-order valence-corrected chi connectivity index (χ3v) is 7.15. The summed E-state index contributed by atoms with van der Waals surface area (Å²) in [5.74, 6) is -5.92. The van der Waals surface area contributed by atoms with Crippen LogP contribution in [0.15, 0.2) is 30.3 Å². The zero-order chi connectivity index (χ0) is 31.1. The third-order valence-electron chi connectivity index (χ3n) is 7.15. The number of piperazine rings is 1. The van der Waals surface area contributed by atoms with E-state index < -0.39 is 67.7 Å². The van der Waals surface area contributed by atoms with Crippen molar-refractivity contribution in [1.82, 2.24) is 25.0 Å². The molecular formula is C28H33F2N5O8. The molecule has 3 heterocycles. The van der Waals surface area contributed by atoms with E-state index in [9.17, 15) is 37.9 Å². The van der Waals surface area contributed by atoms with Crippen LogP contribution in [0.25, 0.3) is 10.9 Å². The number of pyridine rings is 1. The number of carbonyl (C=O) groups is 5. The molecule has 2 fully saturated rings. The minimum Gasteiger partial charge on any atom is -0.483 e. The summed E-state index contributed by atoms with van der Waals surface area (Å²) in [6, 6.07) is 6.71. The molecule has 2 N–H and O–H groups in total. The van der Waals surface area contributed by atoms with E-state index in [2.05, 4.69) is 10.3 Å². The van der Waals surface area contributed by atoms with Gasteiger partial charge >= 0.3 is 12.1 Å². The molecule has 2 aliphatic heterocycles. The molecule has 2 aliphatic rings. The fourth-order valence-corrected chi connectivity index (χ4v) is 4.86. The van der Waals surface area contributed by atoms with Crippen LogP contribution in [0.5, 0.6) is 5.75 Å². The Labute approximate surface area is 245 Å². The van der Waals surface area contributed by atoms with E-state index in [-0.39, 0.29) is 57.2 Å². The molecule has 0 aliphatic carbocycles. The van der Waals surface area contributed by atoms with Gasteiger partial charge in [-0.2, -0.15) is 0 Å². The molecule has 0 bridgehead atoms. The molecule has 15 heteroatoms. The van der Waals surface area contributed by atoms with Crippen molar-refractivity contribution >= 4 is 40.7 Å². The number of carboxylic acids is 1. The van der Waals surface area contributed by atoms with Gasteiger partial charge in [-0.1, -0.05) is 12.1 Å². The van der Waals surface area contributed by atoms with Crippen LogP contribution < -0.4 is 10.1 Å². The first kappa shape index (κ1) is 31.4. The van der Waals surface area contributed by atoms with Crippen molar-refractivity contribution in [2.45, 2.75) is 38.2 Å². The maximum absolute atomic E-state index is 13.6. The minimum absolute atomic E-state index is 0.0937. The van der Waals surface area contributed by atoms with Gasteiger partial charge in [0.15, 0.2) is 6.61 Å². The highest BCUT2D eigenvalue weighted by atomic mass is 19.3. The van der Waals surface area contributed by atoms with Gasteiger partial charge in [0, 0.05) is 57.0 Å². The lowest BCUT2D eigenvalue weighted by Crippen LogP contribution is -2.56. The number of carboxylic acid groups (broad SMARTS) is 1. The number of aromatic nitrogens is 1. The average Bonchev–Trinajstić information content (AvgIpc) is 3.36. The van der Waals surface area contributed by atoms with Gasteiger partial charge in [0.1, 0.15) is 17.5 Å². The number of halogens is 2. The number of alkyl halides is 2. The van der Waals surface area contributed by atoms with E-state index in [0.717, 1.165) is 4.90 Å². The molecule has 232 valence electrons. The van der Waals surface area contributed by atoms with Gasteiger partial charge < -0.3 is 34.6 Å². The quantitative estimate of drug-likeness (QED) is 0.412. The number of benzene rings is 1. The van der Waals surface area contributed by atoms with E-state index in [0.29, 0.717) is 10.9 Å². The summed E-state index contributed by atoms with van der Waals surface area (Å²) in [5, 5.41) is 12.3. The van der Waals surface area contributed by atoms with Gasteiger partial charge in [0.05, 0.1) is 18.7 Å².